The first-order chi connectivity index (χ1) is 3.39. The van der Waals surface area contributed by atoms with E-state index in [-0.39, 0.29) is 30.3 Å². The molecule has 0 saturated heterocycles. The van der Waals surface area contributed by atoms with Crippen LogP contribution in [0.1, 0.15) is 0 Å². The Balaban J connectivity index is 0. The van der Waals surface area contributed by atoms with Gasteiger partial charge in [0.25, 0.3) is 0 Å². The first-order valence-electron chi connectivity index (χ1n) is 2.13. The second-order valence-electron chi connectivity index (χ2n) is 1.34. The molecule has 0 saturated carbocycles. The Bertz CT molecular complexity index is 143. The van der Waals surface area contributed by atoms with E-state index >= 15 is 0 Å². The van der Waals surface area contributed by atoms with E-state index < -0.39 is 0 Å². The molecule has 54 valence electrons. The van der Waals surface area contributed by atoms with Gasteiger partial charge in [-0.05, 0) is 12.1 Å². The van der Waals surface area contributed by atoms with Crippen LogP contribution in [0.25, 0.3) is 0 Å². The van der Waals surface area contributed by atoms with Crippen LogP contribution >= 0.6 is 9.90 Å². The SMILES string of the molecule is Oc1ccccc1.P.[Pd]. The molecular weight excluding hydrogens is 225 g/mol. The van der Waals surface area contributed by atoms with E-state index in [1.807, 2.05) is 6.07 Å². The number of benzene rings is 1. The molecule has 9 heavy (non-hydrogen) atoms. The predicted molar refractivity (Wildman–Crippen MR) is 39.2 cm³/mol. The molecule has 1 aromatic carbocycles. The molecule has 0 spiro atoms. The van der Waals surface area contributed by atoms with Crippen molar-refractivity contribution in [3.63, 3.8) is 0 Å². The van der Waals surface area contributed by atoms with Crippen molar-refractivity contribution >= 4 is 9.90 Å². The van der Waals surface area contributed by atoms with Crippen molar-refractivity contribution in [1.82, 2.24) is 0 Å². The van der Waals surface area contributed by atoms with Crippen LogP contribution in [0.3, 0.4) is 0 Å². The van der Waals surface area contributed by atoms with Crippen LogP contribution in [-0.4, -0.2) is 5.11 Å². The first-order valence-corrected chi connectivity index (χ1v) is 2.13. The Labute approximate surface area is 71.8 Å². The van der Waals surface area contributed by atoms with Crippen LogP contribution in [-0.2, 0) is 20.4 Å². The largest absolute Gasteiger partial charge is 0.508 e. The van der Waals surface area contributed by atoms with Gasteiger partial charge in [-0.1, -0.05) is 18.2 Å². The van der Waals surface area contributed by atoms with Gasteiger partial charge in [-0.25, -0.2) is 0 Å². The van der Waals surface area contributed by atoms with E-state index in [0.29, 0.717) is 5.75 Å². The number of phenolic OH excluding ortho intramolecular Hbond substituents is 1. The molecule has 0 bridgehead atoms. The zero-order valence-corrected chi connectivity index (χ0v) is 7.83. The van der Waals surface area contributed by atoms with E-state index in [1.165, 1.54) is 0 Å². The average Bonchev–Trinajstić information content (AvgIpc) is 1.69. The van der Waals surface area contributed by atoms with E-state index in [4.69, 9.17) is 5.11 Å². The minimum atomic E-state index is 0. The molecule has 0 aliphatic rings. The number of hydrogen-bond acceptors (Lipinski definition) is 1. The minimum absolute atomic E-state index is 0. The summed E-state index contributed by atoms with van der Waals surface area (Å²) >= 11 is 0. The molecule has 3 heteroatoms. The standard InChI is InChI=1S/C6H6O.H3P.Pd/c7-6-4-2-1-3-5-6;;/h1-5,7H;1H3;. The maximum Gasteiger partial charge on any atom is 0.115 e. The second kappa shape index (κ2) is 6.24. The van der Waals surface area contributed by atoms with Crippen LogP contribution in [0.2, 0.25) is 0 Å². The van der Waals surface area contributed by atoms with Gasteiger partial charge in [-0.2, -0.15) is 9.90 Å². The Morgan fingerprint density at radius 3 is 1.67 bits per heavy atom. The van der Waals surface area contributed by atoms with Crippen molar-refractivity contribution in [3.05, 3.63) is 30.3 Å². The summed E-state index contributed by atoms with van der Waals surface area (Å²) in [5, 5.41) is 8.63. The fourth-order valence-electron chi connectivity index (χ4n) is 0.428. The summed E-state index contributed by atoms with van der Waals surface area (Å²) in [6.07, 6.45) is 0. The van der Waals surface area contributed by atoms with Gasteiger partial charge in [0.05, 0.1) is 0 Å². The Morgan fingerprint density at radius 1 is 1.00 bits per heavy atom. The molecule has 0 aliphatic heterocycles. The molecule has 1 atom stereocenters. The summed E-state index contributed by atoms with van der Waals surface area (Å²) in [6, 6.07) is 8.71. The van der Waals surface area contributed by atoms with Crippen molar-refractivity contribution in [2.24, 2.45) is 0 Å². The van der Waals surface area contributed by atoms with Gasteiger partial charge >= 0.3 is 0 Å². The van der Waals surface area contributed by atoms with Crippen molar-refractivity contribution in [2.45, 2.75) is 0 Å². The Kier molecular flexibility index (Phi) is 8.21. The zero-order valence-electron chi connectivity index (χ0n) is 4.86. The second-order valence-corrected chi connectivity index (χ2v) is 1.34. The van der Waals surface area contributed by atoms with Gasteiger partial charge in [-0.15, -0.1) is 0 Å². The molecule has 0 fully saturated rings. The van der Waals surface area contributed by atoms with Crippen LogP contribution in [0.4, 0.5) is 0 Å². The minimum Gasteiger partial charge on any atom is -0.508 e. The number of aromatic hydroxyl groups is 1. The summed E-state index contributed by atoms with van der Waals surface area (Å²) in [5.74, 6) is 0.322. The van der Waals surface area contributed by atoms with Gasteiger partial charge < -0.3 is 5.11 Å². The monoisotopic (exact) mass is 234 g/mol. The number of para-hydroxylation sites is 1. The van der Waals surface area contributed by atoms with Crippen molar-refractivity contribution in [2.75, 3.05) is 0 Å². The van der Waals surface area contributed by atoms with E-state index in [1.54, 1.807) is 24.3 Å². The normalized spacial score (nSPS) is 6.67. The first kappa shape index (κ1) is 11.9. The molecule has 0 aromatic heterocycles. The molecular formula is C6H9OPPd. The van der Waals surface area contributed by atoms with Gasteiger partial charge in [-0.3, -0.25) is 0 Å². The van der Waals surface area contributed by atoms with E-state index in [2.05, 4.69) is 0 Å². The van der Waals surface area contributed by atoms with Gasteiger partial charge in [0.15, 0.2) is 0 Å². The third-order valence-corrected chi connectivity index (χ3v) is 0.756. The quantitative estimate of drug-likeness (QED) is 0.532. The maximum atomic E-state index is 8.63. The Morgan fingerprint density at radius 2 is 1.44 bits per heavy atom. The van der Waals surface area contributed by atoms with Crippen molar-refractivity contribution < 1.29 is 25.5 Å². The predicted octanol–water partition coefficient (Wildman–Crippen LogP) is 1.45. The zero-order chi connectivity index (χ0) is 5.11. The number of phenols is 1. The third kappa shape index (κ3) is 4.61. The fourth-order valence-corrected chi connectivity index (χ4v) is 0.428. The number of rotatable bonds is 0. The van der Waals surface area contributed by atoms with E-state index in [0.717, 1.165) is 0 Å². The number of hydrogen-bond donors (Lipinski definition) is 1. The van der Waals surface area contributed by atoms with Crippen LogP contribution in [0.5, 0.6) is 5.75 Å². The maximum absolute atomic E-state index is 8.63. The smallest absolute Gasteiger partial charge is 0.115 e. The summed E-state index contributed by atoms with van der Waals surface area (Å²) in [6.45, 7) is 0. The van der Waals surface area contributed by atoms with Crippen LogP contribution in [0.15, 0.2) is 30.3 Å². The molecule has 1 rings (SSSR count). The van der Waals surface area contributed by atoms with Crippen molar-refractivity contribution in [3.8, 4) is 5.75 Å². The molecule has 1 aromatic rings. The molecule has 0 amide bonds. The summed E-state index contributed by atoms with van der Waals surface area (Å²) in [4.78, 5) is 0. The third-order valence-electron chi connectivity index (χ3n) is 0.756. The fraction of sp³-hybridized carbons (Fsp3) is 0. The molecule has 1 unspecified atom stereocenters. The molecule has 1 nitrogen and oxygen atoms in total. The topological polar surface area (TPSA) is 20.2 Å². The average molecular weight is 235 g/mol. The van der Waals surface area contributed by atoms with Gasteiger partial charge in [0.1, 0.15) is 5.75 Å². The molecule has 0 aliphatic carbocycles. The van der Waals surface area contributed by atoms with Crippen LogP contribution < -0.4 is 0 Å². The molecule has 1 N–H and O–H groups in total. The van der Waals surface area contributed by atoms with Gasteiger partial charge in [0.2, 0.25) is 0 Å². The Hall–Kier alpha value is 0.112. The summed E-state index contributed by atoms with van der Waals surface area (Å²) < 4.78 is 0. The van der Waals surface area contributed by atoms with E-state index in [9.17, 15) is 0 Å². The molecule has 0 heterocycles. The van der Waals surface area contributed by atoms with Crippen molar-refractivity contribution in [1.29, 1.82) is 0 Å². The summed E-state index contributed by atoms with van der Waals surface area (Å²) in [5.41, 5.74) is 0. The molecule has 0 radical (unpaired) electrons. The summed E-state index contributed by atoms with van der Waals surface area (Å²) in [7, 11) is 0. The van der Waals surface area contributed by atoms with Crippen LogP contribution in [0, 0.1) is 0 Å². The van der Waals surface area contributed by atoms with Gasteiger partial charge in [0, 0.05) is 20.4 Å².